The Morgan fingerprint density at radius 3 is 2.38 bits per heavy atom. The van der Waals surface area contributed by atoms with Crippen molar-refractivity contribution in [1.82, 2.24) is 4.98 Å². The molecule has 1 heterocycles. The zero-order chi connectivity index (χ0) is 17.7. The molecule has 0 aliphatic heterocycles. The Morgan fingerprint density at radius 1 is 0.769 bits per heavy atom. The molecule has 0 saturated carbocycles. The number of pyridine rings is 1. The van der Waals surface area contributed by atoms with Crippen molar-refractivity contribution in [3.05, 3.63) is 90.0 Å². The molecule has 1 atom stereocenters. The van der Waals surface area contributed by atoms with Crippen molar-refractivity contribution < 1.29 is 4.79 Å². The second kappa shape index (κ2) is 5.53. The number of benzene rings is 3. The highest BCUT2D eigenvalue weighted by Crippen LogP contribution is 2.48. The van der Waals surface area contributed by atoms with Crippen LogP contribution in [0.4, 0.5) is 0 Å². The van der Waals surface area contributed by atoms with Crippen molar-refractivity contribution >= 4 is 16.8 Å². The third-order valence-electron chi connectivity index (χ3n) is 5.11. The number of amides is 1. The topological polar surface area (TPSA) is 56.0 Å². The lowest BCUT2D eigenvalue weighted by Crippen LogP contribution is -2.20. The van der Waals surface area contributed by atoms with E-state index < -0.39 is 5.92 Å². The first kappa shape index (κ1) is 14.8. The first-order chi connectivity index (χ1) is 12.7. The first-order valence-electron chi connectivity index (χ1n) is 8.62. The largest absolute Gasteiger partial charge is 0.369 e. The van der Waals surface area contributed by atoms with Crippen molar-refractivity contribution in [1.29, 1.82) is 0 Å². The molecule has 1 amide bonds. The molecule has 1 aliphatic rings. The van der Waals surface area contributed by atoms with Crippen LogP contribution < -0.4 is 5.73 Å². The van der Waals surface area contributed by atoms with Crippen LogP contribution >= 0.6 is 0 Å². The fourth-order valence-electron chi connectivity index (χ4n) is 3.99. The summed E-state index contributed by atoms with van der Waals surface area (Å²) in [5, 5.41) is 1.11. The second-order valence-electron chi connectivity index (χ2n) is 6.58. The fraction of sp³-hybridized carbons (Fsp3) is 0.0435. The summed E-state index contributed by atoms with van der Waals surface area (Å²) < 4.78 is 0. The number of hydrogen-bond donors (Lipinski definition) is 1. The minimum absolute atomic E-state index is 0.320. The Morgan fingerprint density at radius 2 is 1.50 bits per heavy atom. The number of carbonyl (C=O) groups excluding carboxylic acids is 1. The van der Waals surface area contributed by atoms with Gasteiger partial charge < -0.3 is 5.73 Å². The minimum atomic E-state index is -0.401. The molecule has 1 aliphatic carbocycles. The van der Waals surface area contributed by atoms with E-state index in [-0.39, 0.29) is 5.91 Å². The Kier molecular flexibility index (Phi) is 3.16. The molecule has 1 aromatic heterocycles. The lowest BCUT2D eigenvalue weighted by Gasteiger charge is -2.11. The van der Waals surface area contributed by atoms with Crippen molar-refractivity contribution in [2.75, 3.05) is 0 Å². The van der Waals surface area contributed by atoms with Crippen LogP contribution in [-0.4, -0.2) is 10.9 Å². The quantitative estimate of drug-likeness (QED) is 0.586. The summed E-state index contributed by atoms with van der Waals surface area (Å²) >= 11 is 0. The smallest absolute Gasteiger partial charge is 0.229 e. The van der Waals surface area contributed by atoms with Crippen LogP contribution in [0.1, 0.15) is 17.0 Å². The Balaban J connectivity index is 1.80. The highest BCUT2D eigenvalue weighted by Gasteiger charge is 2.34. The zero-order valence-corrected chi connectivity index (χ0v) is 14.0. The third kappa shape index (κ3) is 2.07. The standard InChI is InChI=1S/C23H16N2O/c24-23(26)22-16-8-3-2-7-15(16)21-17(9-5-10-18(21)22)20-13-12-14-6-1-4-11-19(14)25-20/h1-13,22H,(H2,24,26)/t22-/m1/s1. The van der Waals surface area contributed by atoms with Gasteiger partial charge in [-0.15, -0.1) is 0 Å². The number of nitrogens with zero attached hydrogens (tertiary/aromatic N) is 1. The van der Waals surface area contributed by atoms with E-state index in [2.05, 4.69) is 24.3 Å². The monoisotopic (exact) mass is 336 g/mol. The van der Waals surface area contributed by atoms with E-state index in [1.807, 2.05) is 54.6 Å². The Labute approximate surface area is 151 Å². The number of rotatable bonds is 2. The van der Waals surface area contributed by atoms with Gasteiger partial charge in [0.05, 0.1) is 17.1 Å². The lowest BCUT2D eigenvalue weighted by atomic mass is 9.94. The van der Waals surface area contributed by atoms with Gasteiger partial charge in [-0.1, -0.05) is 66.7 Å². The highest BCUT2D eigenvalue weighted by molar-refractivity contribution is 6.00. The van der Waals surface area contributed by atoms with Crippen LogP contribution in [0.15, 0.2) is 78.9 Å². The van der Waals surface area contributed by atoms with Gasteiger partial charge in [-0.2, -0.15) is 0 Å². The number of nitrogens with two attached hydrogens (primary N) is 1. The molecule has 0 spiro atoms. The average molecular weight is 336 g/mol. The number of hydrogen-bond acceptors (Lipinski definition) is 2. The van der Waals surface area contributed by atoms with E-state index in [4.69, 9.17) is 10.7 Å². The van der Waals surface area contributed by atoms with Crippen LogP contribution in [0.2, 0.25) is 0 Å². The molecule has 4 aromatic rings. The first-order valence-corrected chi connectivity index (χ1v) is 8.62. The third-order valence-corrected chi connectivity index (χ3v) is 5.11. The van der Waals surface area contributed by atoms with E-state index in [1.54, 1.807) is 0 Å². The van der Waals surface area contributed by atoms with E-state index in [9.17, 15) is 4.79 Å². The van der Waals surface area contributed by atoms with Crippen LogP contribution in [0.5, 0.6) is 0 Å². The molecule has 2 N–H and O–H groups in total. The summed E-state index contributed by atoms with van der Waals surface area (Å²) in [4.78, 5) is 17.0. The Bertz CT molecular complexity index is 1180. The molecule has 124 valence electrons. The van der Waals surface area contributed by atoms with Crippen LogP contribution in [-0.2, 0) is 4.79 Å². The van der Waals surface area contributed by atoms with Crippen LogP contribution in [0, 0.1) is 0 Å². The number of carbonyl (C=O) groups is 1. The number of aromatic nitrogens is 1. The van der Waals surface area contributed by atoms with E-state index >= 15 is 0 Å². The molecule has 5 rings (SSSR count). The summed E-state index contributed by atoms with van der Waals surface area (Å²) in [5.74, 6) is -0.721. The van der Waals surface area contributed by atoms with Gasteiger partial charge in [0.25, 0.3) is 0 Å². The molecule has 3 nitrogen and oxygen atoms in total. The molecule has 0 bridgehead atoms. The minimum Gasteiger partial charge on any atom is -0.369 e. The van der Waals surface area contributed by atoms with Crippen LogP contribution in [0.25, 0.3) is 33.3 Å². The molecule has 0 saturated heterocycles. The van der Waals surface area contributed by atoms with Crippen molar-refractivity contribution in [2.24, 2.45) is 5.73 Å². The molecular weight excluding hydrogens is 320 g/mol. The van der Waals surface area contributed by atoms with Gasteiger partial charge in [0.1, 0.15) is 0 Å². The molecule has 3 aromatic carbocycles. The average Bonchev–Trinajstić information content (AvgIpc) is 3.02. The lowest BCUT2D eigenvalue weighted by molar-refractivity contribution is -0.118. The van der Waals surface area contributed by atoms with Gasteiger partial charge >= 0.3 is 0 Å². The van der Waals surface area contributed by atoms with E-state index in [0.717, 1.165) is 44.4 Å². The number of fused-ring (bicyclic) bond motifs is 4. The van der Waals surface area contributed by atoms with Crippen molar-refractivity contribution in [3.8, 4) is 22.4 Å². The molecule has 3 heteroatoms. The maximum atomic E-state index is 12.2. The molecule has 26 heavy (non-hydrogen) atoms. The number of primary amides is 1. The predicted octanol–water partition coefficient (Wildman–Crippen LogP) is 4.50. The summed E-state index contributed by atoms with van der Waals surface area (Å²) in [6, 6.07) is 26.2. The molecular formula is C23H16N2O. The van der Waals surface area contributed by atoms with Gasteiger partial charge in [0, 0.05) is 10.9 Å². The predicted molar refractivity (Wildman–Crippen MR) is 104 cm³/mol. The fourth-order valence-corrected chi connectivity index (χ4v) is 3.99. The summed E-state index contributed by atoms with van der Waals surface area (Å²) in [6.07, 6.45) is 0. The second-order valence-corrected chi connectivity index (χ2v) is 6.58. The van der Waals surface area contributed by atoms with Gasteiger partial charge in [0.15, 0.2) is 0 Å². The van der Waals surface area contributed by atoms with Crippen molar-refractivity contribution in [2.45, 2.75) is 5.92 Å². The maximum absolute atomic E-state index is 12.2. The van der Waals surface area contributed by atoms with Gasteiger partial charge in [0.2, 0.25) is 5.91 Å². The van der Waals surface area contributed by atoms with Crippen LogP contribution in [0.3, 0.4) is 0 Å². The zero-order valence-electron chi connectivity index (χ0n) is 14.0. The maximum Gasteiger partial charge on any atom is 0.229 e. The van der Waals surface area contributed by atoms with Gasteiger partial charge in [-0.05, 0) is 34.4 Å². The normalized spacial score (nSPS) is 14.8. The van der Waals surface area contributed by atoms with E-state index in [0.29, 0.717) is 0 Å². The number of para-hydroxylation sites is 1. The summed E-state index contributed by atoms with van der Waals surface area (Å²) in [7, 11) is 0. The highest BCUT2D eigenvalue weighted by atomic mass is 16.1. The van der Waals surface area contributed by atoms with E-state index in [1.165, 1.54) is 0 Å². The van der Waals surface area contributed by atoms with Gasteiger partial charge in [-0.3, -0.25) is 4.79 Å². The molecule has 0 unspecified atom stereocenters. The summed E-state index contributed by atoms with van der Waals surface area (Å²) in [6.45, 7) is 0. The SMILES string of the molecule is NC(=O)[C@@H]1c2ccccc2-c2c(-c3ccc4ccccc4n3)cccc21. The Hall–Kier alpha value is -3.46. The van der Waals surface area contributed by atoms with Crippen molar-refractivity contribution in [3.63, 3.8) is 0 Å². The molecule has 0 radical (unpaired) electrons. The van der Waals surface area contributed by atoms with Gasteiger partial charge in [-0.25, -0.2) is 4.98 Å². The molecule has 0 fully saturated rings. The summed E-state index contributed by atoms with van der Waals surface area (Å²) in [5.41, 5.74) is 12.7.